The van der Waals surface area contributed by atoms with E-state index in [9.17, 15) is 4.79 Å². The first-order valence-electron chi connectivity index (χ1n) is 8.47. The number of fused-ring (bicyclic) bond motifs is 1. The second-order valence-electron chi connectivity index (χ2n) is 5.89. The molecule has 1 amide bonds. The van der Waals surface area contributed by atoms with Gasteiger partial charge in [0.1, 0.15) is 29.5 Å². The van der Waals surface area contributed by atoms with Crippen LogP contribution in [0.2, 0.25) is 0 Å². The fraction of sp³-hybridized carbons (Fsp3) is 0.350. The average molecular weight is 357 g/mol. The standard InChI is InChI=1S/C20H23NO5/c1-5-19(22)21-16(13-6-8-14(23-2)9-7-13)12-26-18-11-15(24-3)10-17(25-4)20(18)21/h6-11,16H,5,12H2,1-4H3. The maximum atomic E-state index is 12.8. The molecule has 6 heteroatoms. The lowest BCUT2D eigenvalue weighted by Gasteiger charge is -2.38. The summed E-state index contributed by atoms with van der Waals surface area (Å²) in [6, 6.07) is 10.9. The van der Waals surface area contributed by atoms with Crippen molar-refractivity contribution in [1.29, 1.82) is 0 Å². The monoisotopic (exact) mass is 357 g/mol. The second-order valence-corrected chi connectivity index (χ2v) is 5.89. The van der Waals surface area contributed by atoms with Crippen molar-refractivity contribution >= 4 is 11.6 Å². The normalized spacial score (nSPS) is 15.7. The third-order valence-corrected chi connectivity index (χ3v) is 4.49. The summed E-state index contributed by atoms with van der Waals surface area (Å²) in [5, 5.41) is 0. The van der Waals surface area contributed by atoms with Gasteiger partial charge in [-0.25, -0.2) is 0 Å². The Morgan fingerprint density at radius 2 is 1.77 bits per heavy atom. The van der Waals surface area contributed by atoms with Gasteiger partial charge < -0.3 is 18.9 Å². The smallest absolute Gasteiger partial charge is 0.227 e. The number of rotatable bonds is 5. The van der Waals surface area contributed by atoms with Crippen LogP contribution in [0.15, 0.2) is 36.4 Å². The summed E-state index contributed by atoms with van der Waals surface area (Å²) in [4.78, 5) is 14.6. The second kappa shape index (κ2) is 7.56. The molecule has 2 aromatic carbocycles. The van der Waals surface area contributed by atoms with E-state index in [1.807, 2.05) is 31.2 Å². The largest absolute Gasteiger partial charge is 0.497 e. The van der Waals surface area contributed by atoms with Crippen LogP contribution in [-0.4, -0.2) is 33.8 Å². The lowest BCUT2D eigenvalue weighted by Crippen LogP contribution is -2.41. The number of hydrogen-bond donors (Lipinski definition) is 0. The van der Waals surface area contributed by atoms with Crippen molar-refractivity contribution in [2.75, 3.05) is 32.8 Å². The SMILES string of the molecule is CCC(=O)N1c2c(OC)cc(OC)cc2OCC1c1ccc(OC)cc1. The number of hydrogen-bond acceptors (Lipinski definition) is 5. The van der Waals surface area contributed by atoms with Gasteiger partial charge in [0.15, 0.2) is 5.75 Å². The van der Waals surface area contributed by atoms with E-state index in [1.165, 1.54) is 0 Å². The van der Waals surface area contributed by atoms with Crippen LogP contribution in [0.4, 0.5) is 5.69 Å². The van der Waals surface area contributed by atoms with Gasteiger partial charge in [0.2, 0.25) is 5.91 Å². The summed E-state index contributed by atoms with van der Waals surface area (Å²) in [5.41, 5.74) is 1.60. The number of amides is 1. The first kappa shape index (κ1) is 17.9. The first-order valence-corrected chi connectivity index (χ1v) is 8.47. The Morgan fingerprint density at radius 3 is 2.35 bits per heavy atom. The van der Waals surface area contributed by atoms with Crippen molar-refractivity contribution in [1.82, 2.24) is 0 Å². The zero-order chi connectivity index (χ0) is 18.7. The molecule has 1 aliphatic rings. The molecule has 6 nitrogen and oxygen atoms in total. The highest BCUT2D eigenvalue weighted by Gasteiger charge is 2.35. The molecule has 0 bridgehead atoms. The Bertz CT molecular complexity index is 770. The van der Waals surface area contributed by atoms with Crippen molar-refractivity contribution in [2.45, 2.75) is 19.4 Å². The Morgan fingerprint density at radius 1 is 1.08 bits per heavy atom. The molecule has 0 fully saturated rings. The summed E-state index contributed by atoms with van der Waals surface area (Å²) in [6.07, 6.45) is 0.376. The molecule has 0 saturated carbocycles. The molecular formula is C20H23NO5. The highest BCUT2D eigenvalue weighted by Crippen LogP contribution is 2.48. The molecule has 138 valence electrons. The van der Waals surface area contributed by atoms with E-state index >= 15 is 0 Å². The number of carbonyl (C=O) groups is 1. The third-order valence-electron chi connectivity index (χ3n) is 4.49. The molecule has 0 spiro atoms. The quantitative estimate of drug-likeness (QED) is 0.818. The van der Waals surface area contributed by atoms with Gasteiger partial charge in [-0.15, -0.1) is 0 Å². The van der Waals surface area contributed by atoms with Gasteiger partial charge in [0.25, 0.3) is 0 Å². The highest BCUT2D eigenvalue weighted by atomic mass is 16.5. The maximum Gasteiger partial charge on any atom is 0.227 e. The Labute approximate surface area is 153 Å². The van der Waals surface area contributed by atoms with Gasteiger partial charge in [-0.3, -0.25) is 9.69 Å². The molecule has 1 atom stereocenters. The number of nitrogens with zero attached hydrogens (tertiary/aromatic N) is 1. The summed E-state index contributed by atoms with van der Waals surface area (Å²) in [5.74, 6) is 2.50. The zero-order valence-electron chi connectivity index (χ0n) is 15.4. The average Bonchev–Trinajstić information content (AvgIpc) is 2.71. The molecule has 1 heterocycles. The molecule has 26 heavy (non-hydrogen) atoms. The van der Waals surface area contributed by atoms with Crippen molar-refractivity contribution in [3.8, 4) is 23.0 Å². The van der Waals surface area contributed by atoms with Crippen molar-refractivity contribution in [2.24, 2.45) is 0 Å². The van der Waals surface area contributed by atoms with Gasteiger partial charge in [-0.05, 0) is 17.7 Å². The summed E-state index contributed by atoms with van der Waals surface area (Å²) < 4.78 is 22.0. The number of benzene rings is 2. The Hall–Kier alpha value is -2.89. The maximum absolute atomic E-state index is 12.8. The summed E-state index contributed by atoms with van der Waals surface area (Å²) in [7, 11) is 4.78. The van der Waals surface area contributed by atoms with Crippen molar-refractivity contribution in [3.63, 3.8) is 0 Å². The number of carbonyl (C=O) groups excluding carboxylic acids is 1. The molecular weight excluding hydrogens is 334 g/mol. The fourth-order valence-corrected chi connectivity index (χ4v) is 3.12. The number of anilines is 1. The molecule has 0 aliphatic carbocycles. The van der Waals surface area contributed by atoms with Gasteiger partial charge >= 0.3 is 0 Å². The van der Waals surface area contributed by atoms with E-state index < -0.39 is 0 Å². The highest BCUT2D eigenvalue weighted by molar-refractivity contribution is 5.98. The molecule has 0 aromatic heterocycles. The van der Waals surface area contributed by atoms with Gasteiger partial charge in [-0.2, -0.15) is 0 Å². The van der Waals surface area contributed by atoms with E-state index in [2.05, 4.69) is 0 Å². The minimum absolute atomic E-state index is 0.00108. The Kier molecular flexibility index (Phi) is 5.21. The van der Waals surface area contributed by atoms with E-state index in [0.717, 1.165) is 11.3 Å². The van der Waals surface area contributed by atoms with E-state index in [-0.39, 0.29) is 11.9 Å². The minimum atomic E-state index is -0.247. The van der Waals surface area contributed by atoms with Crippen molar-refractivity contribution in [3.05, 3.63) is 42.0 Å². The van der Waals surface area contributed by atoms with Crippen LogP contribution < -0.4 is 23.8 Å². The molecule has 2 aromatic rings. The number of methoxy groups -OCH3 is 3. The van der Waals surface area contributed by atoms with Crippen LogP contribution in [0.25, 0.3) is 0 Å². The molecule has 0 radical (unpaired) electrons. The van der Waals surface area contributed by atoms with Crippen molar-refractivity contribution < 1.29 is 23.7 Å². The van der Waals surface area contributed by atoms with E-state index in [1.54, 1.807) is 38.4 Å². The lowest BCUT2D eigenvalue weighted by molar-refractivity contribution is -0.119. The van der Waals surface area contributed by atoms with E-state index in [0.29, 0.717) is 36.0 Å². The molecule has 1 aliphatic heterocycles. The van der Waals surface area contributed by atoms with Gasteiger partial charge in [0, 0.05) is 18.6 Å². The molecule has 1 unspecified atom stereocenters. The van der Waals surface area contributed by atoms with E-state index in [4.69, 9.17) is 18.9 Å². The van der Waals surface area contributed by atoms with Crippen LogP contribution in [-0.2, 0) is 4.79 Å². The van der Waals surface area contributed by atoms with Gasteiger partial charge in [0.05, 0.1) is 27.4 Å². The Balaban J connectivity index is 2.10. The third kappa shape index (κ3) is 3.14. The van der Waals surface area contributed by atoms with Crippen LogP contribution in [0.3, 0.4) is 0 Å². The van der Waals surface area contributed by atoms with Crippen LogP contribution in [0.5, 0.6) is 23.0 Å². The topological polar surface area (TPSA) is 57.2 Å². The molecule has 3 rings (SSSR count). The van der Waals surface area contributed by atoms with Crippen LogP contribution in [0.1, 0.15) is 24.9 Å². The lowest BCUT2D eigenvalue weighted by atomic mass is 10.0. The van der Waals surface area contributed by atoms with Crippen LogP contribution >= 0.6 is 0 Å². The molecule has 0 N–H and O–H groups in total. The zero-order valence-corrected chi connectivity index (χ0v) is 15.4. The summed E-state index contributed by atoms with van der Waals surface area (Å²) in [6.45, 7) is 2.19. The van der Waals surface area contributed by atoms with Gasteiger partial charge in [-0.1, -0.05) is 19.1 Å². The fourth-order valence-electron chi connectivity index (χ4n) is 3.12. The van der Waals surface area contributed by atoms with Crippen LogP contribution in [0, 0.1) is 0 Å². The summed E-state index contributed by atoms with van der Waals surface area (Å²) >= 11 is 0. The number of ether oxygens (including phenoxy) is 4. The molecule has 0 saturated heterocycles. The minimum Gasteiger partial charge on any atom is -0.497 e. The first-order chi connectivity index (χ1) is 12.6. The predicted molar refractivity (Wildman–Crippen MR) is 98.6 cm³/mol. The predicted octanol–water partition coefficient (Wildman–Crippen LogP) is 3.59.